The molecule has 0 radical (unpaired) electrons. The van der Waals surface area contributed by atoms with Gasteiger partial charge in [0.05, 0.1) is 11.5 Å². The molecular weight excluding hydrogens is 408 g/mol. The van der Waals surface area contributed by atoms with E-state index in [1.165, 1.54) is 6.26 Å². The molecule has 0 unspecified atom stereocenters. The second-order valence-corrected chi connectivity index (χ2v) is 9.12. The second-order valence-electron chi connectivity index (χ2n) is 6.54. The van der Waals surface area contributed by atoms with Gasteiger partial charge in [0, 0.05) is 28.0 Å². The summed E-state index contributed by atoms with van der Waals surface area (Å²) in [4.78, 5) is 12.4. The fourth-order valence-electron chi connectivity index (χ4n) is 2.73. The number of benzene rings is 3. The summed E-state index contributed by atoms with van der Waals surface area (Å²) in [5, 5.41) is 4.92. The van der Waals surface area contributed by atoms with Crippen LogP contribution in [0.25, 0.3) is 0 Å². The van der Waals surface area contributed by atoms with Crippen molar-refractivity contribution in [2.24, 2.45) is 5.10 Å². The summed E-state index contributed by atoms with van der Waals surface area (Å²) in [7, 11) is -3.12. The fourth-order valence-corrected chi connectivity index (χ4v) is 3.65. The molecule has 1 N–H and O–H groups in total. The zero-order chi connectivity index (χ0) is 20.9. The molecule has 1 amide bonds. The van der Waals surface area contributed by atoms with Crippen molar-refractivity contribution in [1.82, 2.24) is 5.43 Å². The quantitative estimate of drug-likeness (QED) is 0.477. The molecule has 0 heterocycles. The summed E-state index contributed by atoms with van der Waals surface area (Å²) in [6.07, 6.45) is 1.20. The molecule has 0 aliphatic rings. The lowest BCUT2D eigenvalue weighted by Crippen LogP contribution is -2.20. The lowest BCUT2D eigenvalue weighted by Gasteiger charge is -2.09. The van der Waals surface area contributed by atoms with Crippen molar-refractivity contribution in [2.45, 2.75) is 5.75 Å². The van der Waals surface area contributed by atoms with E-state index in [-0.39, 0.29) is 11.7 Å². The molecular formula is C22H19ClN2O3S. The van der Waals surface area contributed by atoms with Crippen LogP contribution in [-0.2, 0) is 15.6 Å². The lowest BCUT2D eigenvalue weighted by atomic mass is 10.0. The molecule has 3 aromatic carbocycles. The van der Waals surface area contributed by atoms with E-state index < -0.39 is 9.84 Å². The third-order valence-corrected chi connectivity index (χ3v) is 5.19. The van der Waals surface area contributed by atoms with Crippen molar-refractivity contribution in [3.8, 4) is 0 Å². The highest BCUT2D eigenvalue weighted by Gasteiger charge is 2.11. The van der Waals surface area contributed by atoms with Crippen LogP contribution in [-0.4, -0.2) is 26.3 Å². The van der Waals surface area contributed by atoms with Crippen molar-refractivity contribution in [1.29, 1.82) is 0 Å². The van der Waals surface area contributed by atoms with Crippen molar-refractivity contribution < 1.29 is 13.2 Å². The largest absolute Gasteiger partial charge is 0.271 e. The summed E-state index contributed by atoms with van der Waals surface area (Å²) in [6.45, 7) is 0. The summed E-state index contributed by atoms with van der Waals surface area (Å²) < 4.78 is 23.0. The van der Waals surface area contributed by atoms with Gasteiger partial charge in [-0.15, -0.1) is 0 Å². The highest BCUT2D eigenvalue weighted by atomic mass is 35.5. The molecule has 3 aromatic rings. The number of hydrogen-bond donors (Lipinski definition) is 1. The highest BCUT2D eigenvalue weighted by Crippen LogP contribution is 2.16. The Balaban J connectivity index is 1.93. The van der Waals surface area contributed by atoms with E-state index in [2.05, 4.69) is 10.5 Å². The van der Waals surface area contributed by atoms with Gasteiger partial charge in [-0.25, -0.2) is 13.8 Å². The summed E-state index contributed by atoms with van der Waals surface area (Å²) in [6, 6.07) is 22.9. The first-order valence-electron chi connectivity index (χ1n) is 8.78. The van der Waals surface area contributed by atoms with Crippen molar-refractivity contribution in [3.05, 3.63) is 106 Å². The average molecular weight is 427 g/mol. The zero-order valence-corrected chi connectivity index (χ0v) is 17.2. The number of carbonyl (C=O) groups excluding carboxylic acids is 1. The van der Waals surface area contributed by atoms with E-state index in [0.717, 1.165) is 11.1 Å². The SMILES string of the molecule is CS(=O)(=O)Cc1ccc(C(=NNC(=O)c2ccccc2)c2ccc(Cl)cc2)cc1. The van der Waals surface area contributed by atoms with Crippen LogP contribution in [0.1, 0.15) is 27.0 Å². The number of rotatable bonds is 6. The number of hydrazone groups is 1. The van der Waals surface area contributed by atoms with Gasteiger partial charge < -0.3 is 0 Å². The third kappa shape index (κ3) is 6.01. The van der Waals surface area contributed by atoms with Gasteiger partial charge in [-0.05, 0) is 29.8 Å². The predicted molar refractivity (Wildman–Crippen MR) is 116 cm³/mol. The number of sulfone groups is 1. The van der Waals surface area contributed by atoms with Crippen LogP contribution in [0, 0.1) is 0 Å². The molecule has 0 saturated heterocycles. The smallest absolute Gasteiger partial charge is 0.267 e. The van der Waals surface area contributed by atoms with E-state index in [4.69, 9.17) is 11.6 Å². The molecule has 0 aromatic heterocycles. The van der Waals surface area contributed by atoms with Crippen LogP contribution in [0.3, 0.4) is 0 Å². The van der Waals surface area contributed by atoms with Gasteiger partial charge in [0.15, 0.2) is 9.84 Å². The first-order valence-corrected chi connectivity index (χ1v) is 11.2. The van der Waals surface area contributed by atoms with E-state index in [1.807, 2.05) is 6.07 Å². The minimum absolute atomic E-state index is 0.0363. The van der Waals surface area contributed by atoms with Gasteiger partial charge in [-0.2, -0.15) is 5.10 Å². The Morgan fingerprint density at radius 1 is 0.862 bits per heavy atom. The Labute approximate surface area is 175 Å². The van der Waals surface area contributed by atoms with Gasteiger partial charge in [0.2, 0.25) is 0 Å². The van der Waals surface area contributed by atoms with Crippen molar-refractivity contribution in [2.75, 3.05) is 6.26 Å². The van der Waals surface area contributed by atoms with Crippen LogP contribution >= 0.6 is 11.6 Å². The number of nitrogens with one attached hydrogen (secondary N) is 1. The molecule has 5 nitrogen and oxygen atoms in total. The Morgan fingerprint density at radius 3 is 1.97 bits per heavy atom. The summed E-state index contributed by atoms with van der Waals surface area (Å²) in [5.41, 5.74) is 5.80. The molecule has 29 heavy (non-hydrogen) atoms. The minimum atomic E-state index is -3.12. The van der Waals surface area contributed by atoms with Crippen LogP contribution in [0.5, 0.6) is 0 Å². The molecule has 0 saturated carbocycles. The Morgan fingerprint density at radius 2 is 1.41 bits per heavy atom. The second kappa shape index (κ2) is 9.03. The van der Waals surface area contributed by atoms with Gasteiger partial charge in [-0.3, -0.25) is 4.79 Å². The first kappa shape index (κ1) is 20.8. The number of hydrogen-bond acceptors (Lipinski definition) is 4. The summed E-state index contributed by atoms with van der Waals surface area (Å²) >= 11 is 5.99. The molecule has 0 atom stereocenters. The molecule has 0 bridgehead atoms. The highest BCUT2D eigenvalue weighted by molar-refractivity contribution is 7.89. The number of carbonyl (C=O) groups is 1. The summed E-state index contributed by atoms with van der Waals surface area (Å²) in [5.74, 6) is -0.364. The van der Waals surface area contributed by atoms with E-state index in [9.17, 15) is 13.2 Å². The van der Waals surface area contributed by atoms with Crippen LogP contribution in [0.4, 0.5) is 0 Å². The molecule has 0 fully saturated rings. The topological polar surface area (TPSA) is 75.6 Å². The number of nitrogens with zero attached hydrogens (tertiary/aromatic N) is 1. The molecule has 0 spiro atoms. The monoisotopic (exact) mass is 426 g/mol. The van der Waals surface area contributed by atoms with E-state index in [1.54, 1.807) is 72.8 Å². The maximum absolute atomic E-state index is 12.4. The number of amides is 1. The maximum Gasteiger partial charge on any atom is 0.271 e. The number of halogens is 1. The van der Waals surface area contributed by atoms with E-state index in [0.29, 0.717) is 21.9 Å². The molecule has 148 valence electrons. The van der Waals surface area contributed by atoms with Crippen LogP contribution in [0.15, 0.2) is 84.0 Å². The first-order chi connectivity index (χ1) is 13.8. The van der Waals surface area contributed by atoms with Crippen molar-refractivity contribution in [3.63, 3.8) is 0 Å². The lowest BCUT2D eigenvalue weighted by molar-refractivity contribution is 0.0955. The maximum atomic E-state index is 12.4. The van der Waals surface area contributed by atoms with Crippen LogP contribution < -0.4 is 5.43 Å². The Kier molecular flexibility index (Phi) is 6.46. The predicted octanol–water partition coefficient (Wildman–Crippen LogP) is 4.07. The van der Waals surface area contributed by atoms with Gasteiger partial charge in [-0.1, -0.05) is 66.2 Å². The average Bonchev–Trinajstić information content (AvgIpc) is 2.70. The van der Waals surface area contributed by atoms with Gasteiger partial charge in [0.1, 0.15) is 0 Å². The Bertz CT molecular complexity index is 1120. The molecule has 3 rings (SSSR count). The Hall–Kier alpha value is -2.96. The molecule has 0 aliphatic carbocycles. The molecule has 0 aliphatic heterocycles. The van der Waals surface area contributed by atoms with Crippen molar-refractivity contribution >= 4 is 33.1 Å². The standard InChI is InChI=1S/C22H19ClN2O3S/c1-29(27,28)15-16-7-9-17(10-8-16)21(18-11-13-20(23)14-12-18)24-25-22(26)19-5-3-2-4-6-19/h2-14H,15H2,1H3,(H,25,26). The van der Waals surface area contributed by atoms with Gasteiger partial charge >= 0.3 is 0 Å². The fraction of sp³-hybridized carbons (Fsp3) is 0.0909. The zero-order valence-electron chi connectivity index (χ0n) is 15.7. The molecule has 7 heteroatoms. The van der Waals surface area contributed by atoms with Gasteiger partial charge in [0.25, 0.3) is 5.91 Å². The normalized spacial score (nSPS) is 11.9. The van der Waals surface area contributed by atoms with E-state index >= 15 is 0 Å². The minimum Gasteiger partial charge on any atom is -0.267 e. The third-order valence-electron chi connectivity index (χ3n) is 4.08. The van der Waals surface area contributed by atoms with Crippen LogP contribution in [0.2, 0.25) is 5.02 Å².